The topological polar surface area (TPSA) is 58.1 Å². The van der Waals surface area contributed by atoms with Crippen molar-refractivity contribution < 1.29 is 9.47 Å². The van der Waals surface area contributed by atoms with Crippen molar-refractivity contribution in [3.05, 3.63) is 23.8 Å². The van der Waals surface area contributed by atoms with Crippen LogP contribution in [0.5, 0.6) is 11.5 Å². The van der Waals surface area contributed by atoms with E-state index in [4.69, 9.17) is 9.47 Å². The maximum Gasteiger partial charge on any atom is 0.231 e. The van der Waals surface area contributed by atoms with Crippen LogP contribution >= 0.6 is 0 Å². The first-order valence-corrected chi connectivity index (χ1v) is 9.30. The van der Waals surface area contributed by atoms with E-state index in [-0.39, 0.29) is 0 Å². The summed E-state index contributed by atoms with van der Waals surface area (Å²) in [7, 11) is 1.81. The van der Waals surface area contributed by atoms with E-state index in [1.54, 1.807) is 0 Å². The van der Waals surface area contributed by atoms with Crippen molar-refractivity contribution in [3.63, 3.8) is 0 Å². The van der Waals surface area contributed by atoms with Gasteiger partial charge >= 0.3 is 0 Å². The van der Waals surface area contributed by atoms with Gasteiger partial charge in [-0.25, -0.2) is 0 Å². The molecule has 3 rings (SSSR count). The summed E-state index contributed by atoms with van der Waals surface area (Å²) in [6.45, 7) is 7.90. The van der Waals surface area contributed by atoms with E-state index in [0.717, 1.165) is 36.1 Å². The zero-order chi connectivity index (χ0) is 17.5. The number of piperidine rings is 1. The van der Waals surface area contributed by atoms with Crippen molar-refractivity contribution in [3.8, 4) is 11.5 Å². The van der Waals surface area contributed by atoms with Gasteiger partial charge in [0.1, 0.15) is 0 Å². The first kappa shape index (κ1) is 17.9. The van der Waals surface area contributed by atoms with Gasteiger partial charge in [-0.05, 0) is 49.5 Å². The Morgan fingerprint density at radius 2 is 1.96 bits per heavy atom. The molecule has 1 atom stereocenters. The van der Waals surface area contributed by atoms with Gasteiger partial charge in [0.15, 0.2) is 17.5 Å². The minimum Gasteiger partial charge on any atom is -0.454 e. The van der Waals surface area contributed by atoms with Crippen LogP contribution in [0.4, 0.5) is 0 Å². The fourth-order valence-corrected chi connectivity index (χ4v) is 3.38. The molecule has 0 amide bonds. The molecule has 6 nitrogen and oxygen atoms in total. The molecule has 0 radical (unpaired) electrons. The highest BCUT2D eigenvalue weighted by Crippen LogP contribution is 2.32. The van der Waals surface area contributed by atoms with Crippen LogP contribution in [0.3, 0.4) is 0 Å². The Kier molecular flexibility index (Phi) is 6.39. The zero-order valence-corrected chi connectivity index (χ0v) is 15.4. The summed E-state index contributed by atoms with van der Waals surface area (Å²) >= 11 is 0. The quantitative estimate of drug-likeness (QED) is 0.611. The molecular weight excluding hydrogens is 316 g/mol. The fourth-order valence-electron chi connectivity index (χ4n) is 3.38. The Labute approximate surface area is 150 Å². The summed E-state index contributed by atoms with van der Waals surface area (Å²) in [5, 5.41) is 6.80. The number of guanidine groups is 1. The molecule has 0 aliphatic carbocycles. The molecule has 2 heterocycles. The number of nitrogens with zero attached hydrogens (tertiary/aromatic N) is 2. The Hall–Kier alpha value is -1.95. The lowest BCUT2D eigenvalue weighted by atomic mass is 10.1. The zero-order valence-electron chi connectivity index (χ0n) is 15.4. The van der Waals surface area contributed by atoms with E-state index >= 15 is 0 Å². The predicted molar refractivity (Wildman–Crippen MR) is 100 cm³/mol. The summed E-state index contributed by atoms with van der Waals surface area (Å²) in [5.41, 5.74) is 1.15. The molecule has 138 valence electrons. The third-order valence-electron chi connectivity index (χ3n) is 4.76. The van der Waals surface area contributed by atoms with Crippen molar-refractivity contribution in [1.29, 1.82) is 0 Å². The Balaban J connectivity index is 1.40. The van der Waals surface area contributed by atoms with Gasteiger partial charge in [-0.1, -0.05) is 19.4 Å². The molecule has 1 aromatic carbocycles. The first-order valence-electron chi connectivity index (χ1n) is 9.30. The first-order chi connectivity index (χ1) is 12.2. The second-order valence-corrected chi connectivity index (χ2v) is 6.96. The van der Waals surface area contributed by atoms with E-state index in [0.29, 0.717) is 19.3 Å². The predicted octanol–water partition coefficient (Wildman–Crippen LogP) is 2.20. The number of fused-ring (bicyclic) bond motifs is 1. The van der Waals surface area contributed by atoms with Gasteiger partial charge in [-0.3, -0.25) is 4.99 Å². The minimum absolute atomic E-state index is 0.310. The van der Waals surface area contributed by atoms with Crippen molar-refractivity contribution in [2.45, 2.75) is 32.7 Å². The number of aliphatic imine (C=N–C) groups is 1. The van der Waals surface area contributed by atoms with E-state index in [2.05, 4.69) is 27.4 Å². The molecule has 0 spiro atoms. The van der Waals surface area contributed by atoms with Gasteiger partial charge in [0, 0.05) is 26.7 Å². The van der Waals surface area contributed by atoms with Gasteiger partial charge in [0.05, 0.1) is 0 Å². The molecular formula is C19H30N4O2. The molecule has 2 N–H and O–H groups in total. The van der Waals surface area contributed by atoms with Gasteiger partial charge in [-0.2, -0.15) is 0 Å². The lowest BCUT2D eigenvalue weighted by Gasteiger charge is -2.29. The van der Waals surface area contributed by atoms with Crippen molar-refractivity contribution in [1.82, 2.24) is 15.5 Å². The highest BCUT2D eigenvalue weighted by atomic mass is 16.7. The number of ether oxygens (including phenoxy) is 2. The molecule has 1 aromatic rings. The van der Waals surface area contributed by atoms with Crippen LogP contribution in [0.15, 0.2) is 23.2 Å². The number of nitrogens with one attached hydrogen (secondary N) is 2. The lowest BCUT2D eigenvalue weighted by molar-refractivity contribution is 0.174. The number of rotatable bonds is 6. The lowest BCUT2D eigenvalue weighted by Crippen LogP contribution is -2.42. The van der Waals surface area contributed by atoms with Gasteiger partial charge < -0.3 is 25.0 Å². The molecule has 0 saturated carbocycles. The Morgan fingerprint density at radius 3 is 2.76 bits per heavy atom. The van der Waals surface area contributed by atoms with Gasteiger partial charge in [-0.15, -0.1) is 0 Å². The summed E-state index contributed by atoms with van der Waals surface area (Å²) in [5.74, 6) is 3.07. The second kappa shape index (κ2) is 8.94. The third-order valence-corrected chi connectivity index (χ3v) is 4.76. The van der Waals surface area contributed by atoms with Gasteiger partial charge in [0.2, 0.25) is 6.79 Å². The number of likely N-dealkylation sites (tertiary alicyclic amines) is 1. The SMILES string of the molecule is CN=C(NCc1ccc2c(c1)OCO2)NCC(C)CN1CCCCC1. The molecule has 1 saturated heterocycles. The number of hydrogen-bond donors (Lipinski definition) is 2. The molecule has 1 fully saturated rings. The van der Waals surface area contributed by atoms with Crippen molar-refractivity contribution in [2.75, 3.05) is 40.0 Å². The maximum atomic E-state index is 5.42. The minimum atomic E-state index is 0.310. The molecule has 2 aliphatic heterocycles. The van der Waals surface area contributed by atoms with Crippen LogP contribution in [-0.2, 0) is 6.54 Å². The van der Waals surface area contributed by atoms with Crippen LogP contribution < -0.4 is 20.1 Å². The summed E-state index contributed by atoms with van der Waals surface area (Å²) in [6.07, 6.45) is 4.08. The van der Waals surface area contributed by atoms with Crippen LogP contribution in [0.2, 0.25) is 0 Å². The molecule has 0 aromatic heterocycles. The molecule has 6 heteroatoms. The number of hydrogen-bond acceptors (Lipinski definition) is 4. The normalized spacial score (nSPS) is 18.9. The largest absolute Gasteiger partial charge is 0.454 e. The monoisotopic (exact) mass is 346 g/mol. The maximum absolute atomic E-state index is 5.42. The average Bonchev–Trinajstić information content (AvgIpc) is 3.10. The average molecular weight is 346 g/mol. The van der Waals surface area contributed by atoms with Crippen LogP contribution in [0, 0.1) is 5.92 Å². The van der Waals surface area contributed by atoms with Crippen molar-refractivity contribution >= 4 is 5.96 Å². The third kappa shape index (κ3) is 5.26. The van der Waals surface area contributed by atoms with Crippen LogP contribution in [0.25, 0.3) is 0 Å². The highest BCUT2D eigenvalue weighted by Gasteiger charge is 2.15. The second-order valence-electron chi connectivity index (χ2n) is 6.96. The number of benzene rings is 1. The molecule has 2 aliphatic rings. The smallest absolute Gasteiger partial charge is 0.231 e. The molecule has 0 bridgehead atoms. The van der Waals surface area contributed by atoms with E-state index in [1.807, 2.05) is 25.2 Å². The molecule has 1 unspecified atom stereocenters. The Bertz CT molecular complexity index is 585. The summed E-state index contributed by atoms with van der Waals surface area (Å²) in [6, 6.07) is 6.02. The van der Waals surface area contributed by atoms with E-state index in [9.17, 15) is 0 Å². The fraction of sp³-hybridized carbons (Fsp3) is 0.632. The molecule has 25 heavy (non-hydrogen) atoms. The van der Waals surface area contributed by atoms with E-state index < -0.39 is 0 Å². The van der Waals surface area contributed by atoms with E-state index in [1.165, 1.54) is 32.4 Å². The van der Waals surface area contributed by atoms with Crippen molar-refractivity contribution in [2.24, 2.45) is 10.9 Å². The summed E-state index contributed by atoms with van der Waals surface area (Å²) in [4.78, 5) is 6.90. The summed E-state index contributed by atoms with van der Waals surface area (Å²) < 4.78 is 10.8. The van der Waals surface area contributed by atoms with Crippen LogP contribution in [0.1, 0.15) is 31.7 Å². The standard InChI is InChI=1S/C19H30N4O2/c1-15(13-23-8-4-3-5-9-23)11-21-19(20-2)22-12-16-6-7-17-18(10-16)25-14-24-17/h6-7,10,15H,3-5,8-9,11-14H2,1-2H3,(H2,20,21,22). The Morgan fingerprint density at radius 1 is 1.16 bits per heavy atom. The van der Waals surface area contributed by atoms with Gasteiger partial charge in [0.25, 0.3) is 0 Å². The highest BCUT2D eigenvalue weighted by molar-refractivity contribution is 5.79. The van der Waals surface area contributed by atoms with Crippen LogP contribution in [-0.4, -0.2) is 50.9 Å².